The maximum absolute atomic E-state index is 12.7. The third kappa shape index (κ3) is 4.51. The third-order valence-electron chi connectivity index (χ3n) is 4.42. The van der Waals surface area contributed by atoms with Crippen molar-refractivity contribution < 1.29 is 19.1 Å². The summed E-state index contributed by atoms with van der Waals surface area (Å²) in [5.74, 6) is -0.747. The number of carbonyl (C=O) groups excluding carboxylic acids is 2. The topological polar surface area (TPSA) is 64.6 Å². The minimum atomic E-state index is -0.441. The van der Waals surface area contributed by atoms with Crippen LogP contribution in [0.3, 0.4) is 0 Å². The smallest absolute Gasteiger partial charge is 0.341 e. The highest BCUT2D eigenvalue weighted by Crippen LogP contribution is 2.41. The predicted molar refractivity (Wildman–Crippen MR) is 112 cm³/mol. The van der Waals surface area contributed by atoms with Crippen LogP contribution in [0.15, 0.2) is 18.2 Å². The van der Waals surface area contributed by atoms with Crippen LogP contribution in [0.25, 0.3) is 0 Å². The number of rotatable bonds is 5. The Hall–Kier alpha value is -1.60. The first-order valence-corrected chi connectivity index (χ1v) is 10.5. The molecule has 8 heteroatoms. The number of thiophene rings is 1. The molecule has 2 aromatic rings. The molecule has 1 aromatic carbocycles. The van der Waals surface area contributed by atoms with E-state index in [2.05, 4.69) is 5.32 Å². The molecule has 0 radical (unpaired) electrons. The van der Waals surface area contributed by atoms with E-state index in [1.165, 1.54) is 11.3 Å². The van der Waals surface area contributed by atoms with Crippen LogP contribution in [0.2, 0.25) is 10.0 Å². The van der Waals surface area contributed by atoms with Gasteiger partial charge in [-0.3, -0.25) is 4.79 Å². The molecule has 0 saturated carbocycles. The molecule has 2 heterocycles. The Morgan fingerprint density at radius 1 is 1.29 bits per heavy atom. The van der Waals surface area contributed by atoms with E-state index in [9.17, 15) is 9.59 Å². The van der Waals surface area contributed by atoms with Gasteiger partial charge < -0.3 is 14.8 Å². The van der Waals surface area contributed by atoms with Crippen molar-refractivity contribution in [3.05, 3.63) is 49.8 Å². The summed E-state index contributed by atoms with van der Waals surface area (Å²) in [6.45, 7) is 6.35. The van der Waals surface area contributed by atoms with Crippen LogP contribution in [0.5, 0.6) is 0 Å². The van der Waals surface area contributed by atoms with Crippen LogP contribution in [0, 0.1) is 0 Å². The highest BCUT2D eigenvalue weighted by Gasteiger charge is 2.34. The monoisotopic (exact) mass is 441 g/mol. The zero-order chi connectivity index (χ0) is 20.5. The van der Waals surface area contributed by atoms with Crippen molar-refractivity contribution in [3.8, 4) is 0 Å². The van der Waals surface area contributed by atoms with E-state index in [1.54, 1.807) is 25.1 Å². The predicted octanol–water partition coefficient (Wildman–Crippen LogP) is 5.26. The summed E-state index contributed by atoms with van der Waals surface area (Å²) in [7, 11) is 0. The van der Waals surface area contributed by atoms with Gasteiger partial charge in [-0.05, 0) is 44.0 Å². The zero-order valence-corrected chi connectivity index (χ0v) is 18.2. The standard InChI is InChI=1S/C20H21Cl2NO4S/c1-4-26-19(25)17-12-9-20(2,3)27-10-15(12)28-18(17)23-16(24)8-11-13(21)6-5-7-14(11)22/h5-7H,4,8-10H2,1-3H3,(H,23,24). The van der Waals surface area contributed by atoms with Gasteiger partial charge in [0.25, 0.3) is 0 Å². The van der Waals surface area contributed by atoms with E-state index < -0.39 is 5.97 Å². The number of nitrogens with one attached hydrogen (secondary N) is 1. The second-order valence-electron chi connectivity index (χ2n) is 7.08. The molecule has 0 saturated heterocycles. The van der Waals surface area contributed by atoms with Gasteiger partial charge in [0.2, 0.25) is 5.91 Å². The summed E-state index contributed by atoms with van der Waals surface area (Å²) in [5, 5.41) is 4.16. The molecule has 3 rings (SSSR count). The van der Waals surface area contributed by atoms with Crippen LogP contribution in [0.1, 0.15) is 47.1 Å². The largest absolute Gasteiger partial charge is 0.462 e. The number of hydrogen-bond acceptors (Lipinski definition) is 5. The van der Waals surface area contributed by atoms with E-state index in [1.807, 2.05) is 13.8 Å². The Bertz CT molecular complexity index is 903. The van der Waals surface area contributed by atoms with Crippen LogP contribution in [-0.4, -0.2) is 24.1 Å². The molecule has 1 N–H and O–H groups in total. The summed E-state index contributed by atoms with van der Waals surface area (Å²) in [6, 6.07) is 5.09. The number of esters is 1. The molecule has 0 fully saturated rings. The molecule has 150 valence electrons. The normalized spacial score (nSPS) is 15.0. The first kappa shape index (κ1) is 21.1. The fourth-order valence-electron chi connectivity index (χ4n) is 3.09. The van der Waals surface area contributed by atoms with Crippen molar-refractivity contribution in [2.75, 3.05) is 11.9 Å². The first-order valence-electron chi connectivity index (χ1n) is 8.90. The lowest BCUT2D eigenvalue weighted by Crippen LogP contribution is -2.32. The number of benzene rings is 1. The Morgan fingerprint density at radius 3 is 2.61 bits per heavy atom. The minimum absolute atomic E-state index is 0.00529. The average molecular weight is 442 g/mol. The van der Waals surface area contributed by atoms with Gasteiger partial charge in [0, 0.05) is 21.3 Å². The van der Waals surface area contributed by atoms with Gasteiger partial charge in [0.15, 0.2) is 0 Å². The Morgan fingerprint density at radius 2 is 1.96 bits per heavy atom. The van der Waals surface area contributed by atoms with Gasteiger partial charge in [-0.15, -0.1) is 11.3 Å². The van der Waals surface area contributed by atoms with Crippen LogP contribution < -0.4 is 5.32 Å². The summed E-state index contributed by atoms with van der Waals surface area (Å²) in [6.07, 6.45) is 0.574. The van der Waals surface area contributed by atoms with Crippen LogP contribution >= 0.6 is 34.5 Å². The summed E-state index contributed by atoms with van der Waals surface area (Å²) < 4.78 is 11.1. The molecule has 1 amide bonds. The van der Waals surface area contributed by atoms with Crippen molar-refractivity contribution in [3.63, 3.8) is 0 Å². The van der Waals surface area contributed by atoms with Crippen molar-refractivity contribution >= 4 is 51.4 Å². The Labute approximate surface area is 177 Å². The van der Waals surface area contributed by atoms with Crippen molar-refractivity contribution in [1.29, 1.82) is 0 Å². The molecule has 0 unspecified atom stereocenters. The minimum Gasteiger partial charge on any atom is -0.462 e. The van der Waals surface area contributed by atoms with E-state index in [0.717, 1.165) is 10.4 Å². The van der Waals surface area contributed by atoms with Crippen molar-refractivity contribution in [2.45, 2.75) is 45.8 Å². The van der Waals surface area contributed by atoms with E-state index in [0.29, 0.717) is 39.2 Å². The molecule has 1 aliphatic rings. The second kappa shape index (κ2) is 8.41. The first-order chi connectivity index (χ1) is 13.2. The Kier molecular flexibility index (Phi) is 6.34. The van der Waals surface area contributed by atoms with Gasteiger partial charge >= 0.3 is 5.97 Å². The van der Waals surface area contributed by atoms with E-state index in [4.69, 9.17) is 32.7 Å². The van der Waals surface area contributed by atoms with Gasteiger partial charge in [-0.1, -0.05) is 29.3 Å². The lowest BCUT2D eigenvalue weighted by molar-refractivity contribution is -0.115. The highest BCUT2D eigenvalue weighted by atomic mass is 35.5. The SMILES string of the molecule is CCOC(=O)c1c(NC(=O)Cc2c(Cl)cccc2Cl)sc2c1CC(C)(C)OC2. The second-order valence-corrected chi connectivity index (χ2v) is 9.00. The molecular weight excluding hydrogens is 421 g/mol. The average Bonchev–Trinajstić information content (AvgIpc) is 2.94. The molecule has 0 bridgehead atoms. The van der Waals surface area contributed by atoms with Crippen LogP contribution in [-0.2, 0) is 33.7 Å². The van der Waals surface area contributed by atoms with E-state index in [-0.39, 0.29) is 24.5 Å². The van der Waals surface area contributed by atoms with Crippen LogP contribution in [0.4, 0.5) is 5.00 Å². The molecule has 0 spiro atoms. The number of amides is 1. The molecule has 1 aliphatic heterocycles. The van der Waals surface area contributed by atoms with Gasteiger partial charge in [0.05, 0.1) is 30.8 Å². The maximum Gasteiger partial charge on any atom is 0.341 e. The third-order valence-corrected chi connectivity index (χ3v) is 6.25. The number of carbonyl (C=O) groups is 2. The number of ether oxygens (including phenoxy) is 2. The molecule has 0 aliphatic carbocycles. The molecule has 28 heavy (non-hydrogen) atoms. The van der Waals surface area contributed by atoms with E-state index >= 15 is 0 Å². The fraction of sp³-hybridized carbons (Fsp3) is 0.400. The lowest BCUT2D eigenvalue weighted by Gasteiger charge is -2.30. The number of anilines is 1. The van der Waals surface area contributed by atoms with Crippen molar-refractivity contribution in [2.24, 2.45) is 0 Å². The maximum atomic E-state index is 12.7. The summed E-state index contributed by atoms with van der Waals surface area (Å²) >= 11 is 13.7. The quantitative estimate of drug-likeness (QED) is 0.642. The van der Waals surface area contributed by atoms with Gasteiger partial charge in [0.1, 0.15) is 5.00 Å². The number of halogens is 2. The number of hydrogen-bond donors (Lipinski definition) is 1. The fourth-order valence-corrected chi connectivity index (χ4v) is 4.76. The van der Waals surface area contributed by atoms with Gasteiger partial charge in [-0.2, -0.15) is 0 Å². The Balaban J connectivity index is 1.90. The van der Waals surface area contributed by atoms with Crippen molar-refractivity contribution in [1.82, 2.24) is 0 Å². The highest BCUT2D eigenvalue weighted by molar-refractivity contribution is 7.17. The number of fused-ring (bicyclic) bond motifs is 1. The van der Waals surface area contributed by atoms with Gasteiger partial charge in [-0.25, -0.2) is 4.79 Å². The molecule has 5 nitrogen and oxygen atoms in total. The lowest BCUT2D eigenvalue weighted by atomic mass is 9.93. The molecule has 0 atom stereocenters. The molecular formula is C20H21Cl2NO4S. The zero-order valence-electron chi connectivity index (χ0n) is 15.9. The summed E-state index contributed by atoms with van der Waals surface area (Å²) in [5.41, 5.74) is 1.45. The molecule has 1 aromatic heterocycles. The summed E-state index contributed by atoms with van der Waals surface area (Å²) in [4.78, 5) is 26.2.